The van der Waals surface area contributed by atoms with Crippen LogP contribution in [0.4, 0.5) is 11.6 Å². The highest BCUT2D eigenvalue weighted by atomic mass is 32.2. The third-order valence-corrected chi connectivity index (χ3v) is 6.74. The Kier molecular flexibility index (Phi) is 5.82. The molecule has 7 heteroatoms. The number of piperidine rings is 2. The second-order valence-electron chi connectivity index (χ2n) is 7.49. The van der Waals surface area contributed by atoms with Gasteiger partial charge in [-0.05, 0) is 32.1 Å². The lowest BCUT2D eigenvalue weighted by atomic mass is 9.94. The molecule has 0 spiro atoms. The van der Waals surface area contributed by atoms with Crippen LogP contribution in [-0.4, -0.2) is 71.5 Å². The Bertz CT molecular complexity index is 590. The van der Waals surface area contributed by atoms with Crippen LogP contribution in [0.3, 0.4) is 0 Å². The van der Waals surface area contributed by atoms with E-state index in [0.717, 1.165) is 75.3 Å². The lowest BCUT2D eigenvalue weighted by Gasteiger charge is -2.36. The molecule has 0 aromatic carbocycles. The van der Waals surface area contributed by atoms with Gasteiger partial charge in [-0.3, -0.25) is 4.79 Å². The molecule has 0 unspecified atom stereocenters. The lowest BCUT2D eigenvalue weighted by molar-refractivity contribution is -0.137. The third-order valence-electron chi connectivity index (χ3n) is 5.80. The largest absolute Gasteiger partial charge is 0.369 e. The van der Waals surface area contributed by atoms with Crippen molar-refractivity contribution in [1.29, 1.82) is 0 Å². The van der Waals surface area contributed by atoms with Crippen molar-refractivity contribution in [2.24, 2.45) is 5.92 Å². The van der Waals surface area contributed by atoms with Crippen LogP contribution < -0.4 is 9.80 Å². The van der Waals surface area contributed by atoms with Gasteiger partial charge in [0.2, 0.25) is 11.9 Å². The number of anilines is 2. The van der Waals surface area contributed by atoms with Crippen molar-refractivity contribution in [3.8, 4) is 0 Å². The molecule has 142 valence electrons. The number of rotatable bonds is 3. The van der Waals surface area contributed by atoms with Crippen molar-refractivity contribution >= 4 is 29.3 Å². The van der Waals surface area contributed by atoms with Gasteiger partial charge in [0, 0.05) is 56.7 Å². The molecule has 1 amide bonds. The van der Waals surface area contributed by atoms with E-state index < -0.39 is 0 Å². The van der Waals surface area contributed by atoms with Crippen LogP contribution >= 0.6 is 11.8 Å². The molecule has 0 saturated carbocycles. The van der Waals surface area contributed by atoms with E-state index in [4.69, 9.17) is 0 Å². The molecule has 0 bridgehead atoms. The molecular formula is C19H29N5OS. The van der Waals surface area contributed by atoms with E-state index in [1.807, 2.05) is 24.2 Å². The first kappa shape index (κ1) is 17.9. The highest BCUT2D eigenvalue weighted by Gasteiger charge is 2.29. The Hall–Kier alpha value is -1.50. The molecule has 0 atom stereocenters. The molecule has 0 aliphatic carbocycles. The summed E-state index contributed by atoms with van der Waals surface area (Å²) >= 11 is 2.00. The molecule has 3 aliphatic rings. The van der Waals surface area contributed by atoms with Crippen molar-refractivity contribution < 1.29 is 4.79 Å². The summed E-state index contributed by atoms with van der Waals surface area (Å²) in [5.41, 5.74) is 1.09. The first-order chi connectivity index (χ1) is 12.8. The fourth-order valence-electron chi connectivity index (χ4n) is 4.16. The minimum atomic E-state index is 0.204. The van der Waals surface area contributed by atoms with E-state index in [0.29, 0.717) is 5.91 Å². The van der Waals surface area contributed by atoms with E-state index in [1.165, 1.54) is 19.3 Å². The summed E-state index contributed by atoms with van der Waals surface area (Å²) in [6.45, 7) is 5.84. The predicted molar refractivity (Wildman–Crippen MR) is 107 cm³/mol. The van der Waals surface area contributed by atoms with E-state index in [-0.39, 0.29) is 5.92 Å². The molecule has 6 nitrogen and oxygen atoms in total. The molecule has 0 N–H and O–H groups in total. The third kappa shape index (κ3) is 4.08. The summed E-state index contributed by atoms with van der Waals surface area (Å²) < 4.78 is 0. The number of amides is 1. The zero-order valence-corrected chi connectivity index (χ0v) is 16.3. The summed E-state index contributed by atoms with van der Waals surface area (Å²) in [6.07, 6.45) is 9.41. The average molecular weight is 376 g/mol. The molecule has 26 heavy (non-hydrogen) atoms. The molecule has 3 aliphatic heterocycles. The Morgan fingerprint density at radius 1 is 0.885 bits per heavy atom. The maximum Gasteiger partial charge on any atom is 0.225 e. The number of nitrogens with zero attached hydrogens (tertiary/aromatic N) is 5. The minimum absolute atomic E-state index is 0.204. The van der Waals surface area contributed by atoms with Gasteiger partial charge >= 0.3 is 0 Å². The molecule has 1 aromatic rings. The number of likely N-dealkylation sites (tertiary alicyclic amines) is 1. The van der Waals surface area contributed by atoms with E-state index in [1.54, 1.807) is 0 Å². The maximum absolute atomic E-state index is 12.7. The van der Waals surface area contributed by atoms with Gasteiger partial charge in [-0.25, -0.2) is 9.97 Å². The number of hydrogen-bond donors (Lipinski definition) is 0. The monoisotopic (exact) mass is 375 g/mol. The normalized spacial score (nSPS) is 22.5. The molecule has 1 aromatic heterocycles. The van der Waals surface area contributed by atoms with Gasteiger partial charge in [0.05, 0.1) is 18.1 Å². The number of aromatic nitrogens is 2. The first-order valence-electron chi connectivity index (χ1n) is 10.00. The number of hydrogen-bond acceptors (Lipinski definition) is 6. The lowest BCUT2D eigenvalue weighted by Crippen LogP contribution is -2.44. The summed E-state index contributed by atoms with van der Waals surface area (Å²) in [6, 6.07) is 0. The summed E-state index contributed by atoms with van der Waals surface area (Å²) in [5.74, 6) is 3.76. The highest BCUT2D eigenvalue weighted by Crippen LogP contribution is 2.26. The molecule has 0 radical (unpaired) electrons. The van der Waals surface area contributed by atoms with Gasteiger partial charge in [0.1, 0.15) is 0 Å². The van der Waals surface area contributed by atoms with Gasteiger partial charge in [-0.1, -0.05) is 0 Å². The zero-order valence-electron chi connectivity index (χ0n) is 15.5. The summed E-state index contributed by atoms with van der Waals surface area (Å²) in [4.78, 5) is 28.6. The smallest absolute Gasteiger partial charge is 0.225 e. The summed E-state index contributed by atoms with van der Waals surface area (Å²) in [7, 11) is 0. The number of thioether (sulfide) groups is 1. The van der Waals surface area contributed by atoms with Crippen molar-refractivity contribution in [2.45, 2.75) is 32.1 Å². The molecular weight excluding hydrogens is 346 g/mol. The van der Waals surface area contributed by atoms with E-state index in [2.05, 4.69) is 24.7 Å². The van der Waals surface area contributed by atoms with Crippen LogP contribution in [0.25, 0.3) is 0 Å². The number of carbonyl (C=O) groups excluding carboxylic acids is 1. The predicted octanol–water partition coefficient (Wildman–Crippen LogP) is 2.26. The van der Waals surface area contributed by atoms with Crippen LogP contribution in [-0.2, 0) is 4.79 Å². The standard InChI is InChI=1S/C19H29N5OS/c25-18(23-6-2-1-3-7-23)16-4-8-22(9-5-16)17-14-20-19(21-15-17)24-10-12-26-13-11-24/h14-16H,1-13H2. The Labute approximate surface area is 160 Å². The van der Waals surface area contributed by atoms with Crippen molar-refractivity contribution in [1.82, 2.24) is 14.9 Å². The van der Waals surface area contributed by atoms with Gasteiger partial charge in [0.15, 0.2) is 0 Å². The van der Waals surface area contributed by atoms with Crippen molar-refractivity contribution in [2.75, 3.05) is 60.6 Å². The van der Waals surface area contributed by atoms with Gasteiger partial charge < -0.3 is 14.7 Å². The molecule has 4 rings (SSSR count). The van der Waals surface area contributed by atoms with Crippen LogP contribution in [0.15, 0.2) is 12.4 Å². The van der Waals surface area contributed by atoms with Crippen LogP contribution in [0, 0.1) is 5.92 Å². The fourth-order valence-corrected chi connectivity index (χ4v) is 5.06. The Morgan fingerprint density at radius 2 is 1.54 bits per heavy atom. The van der Waals surface area contributed by atoms with Crippen LogP contribution in [0.5, 0.6) is 0 Å². The second-order valence-corrected chi connectivity index (χ2v) is 8.71. The first-order valence-corrected chi connectivity index (χ1v) is 11.2. The van der Waals surface area contributed by atoms with Gasteiger partial charge in [-0.15, -0.1) is 0 Å². The fraction of sp³-hybridized carbons (Fsp3) is 0.737. The molecule has 3 fully saturated rings. The number of carbonyl (C=O) groups is 1. The zero-order chi connectivity index (χ0) is 17.8. The Morgan fingerprint density at radius 3 is 2.19 bits per heavy atom. The van der Waals surface area contributed by atoms with Crippen LogP contribution in [0.2, 0.25) is 0 Å². The molecule has 3 saturated heterocycles. The average Bonchev–Trinajstić information content (AvgIpc) is 2.75. The van der Waals surface area contributed by atoms with Crippen LogP contribution in [0.1, 0.15) is 32.1 Å². The Balaban J connectivity index is 1.30. The maximum atomic E-state index is 12.7. The highest BCUT2D eigenvalue weighted by molar-refractivity contribution is 7.99. The SMILES string of the molecule is O=C(C1CCN(c2cnc(N3CCSCC3)nc2)CC1)N1CCCCC1. The van der Waals surface area contributed by atoms with E-state index in [9.17, 15) is 4.79 Å². The van der Waals surface area contributed by atoms with Gasteiger partial charge in [0.25, 0.3) is 0 Å². The van der Waals surface area contributed by atoms with E-state index >= 15 is 0 Å². The van der Waals surface area contributed by atoms with Crippen molar-refractivity contribution in [3.05, 3.63) is 12.4 Å². The van der Waals surface area contributed by atoms with Gasteiger partial charge in [-0.2, -0.15) is 11.8 Å². The quantitative estimate of drug-likeness (QED) is 0.808. The van der Waals surface area contributed by atoms with Crippen molar-refractivity contribution in [3.63, 3.8) is 0 Å². The molecule has 4 heterocycles. The second kappa shape index (κ2) is 8.46. The topological polar surface area (TPSA) is 52.6 Å². The minimum Gasteiger partial charge on any atom is -0.369 e. The summed E-state index contributed by atoms with van der Waals surface area (Å²) in [5, 5.41) is 0.